The maximum Gasteiger partial charge on any atom is 0.132 e. The summed E-state index contributed by atoms with van der Waals surface area (Å²) in [5.41, 5.74) is -0.631. The Morgan fingerprint density at radius 2 is 1.64 bits per heavy atom. The van der Waals surface area contributed by atoms with E-state index in [1.54, 1.807) is 0 Å². The molecule has 0 aliphatic heterocycles. The standard InChI is InChI=1S/C9H10F2O3/c10-5-2-1-3-6(11)8(5)9(14)7(13)4-12/h1-3,7,9,12-14H,4H2. The number of benzene rings is 1. The van der Waals surface area contributed by atoms with E-state index in [1.807, 2.05) is 0 Å². The van der Waals surface area contributed by atoms with Crippen LogP contribution in [0.4, 0.5) is 8.78 Å². The fourth-order valence-electron chi connectivity index (χ4n) is 1.09. The zero-order valence-corrected chi connectivity index (χ0v) is 7.19. The molecule has 0 amide bonds. The van der Waals surface area contributed by atoms with Crippen molar-refractivity contribution in [2.24, 2.45) is 0 Å². The lowest BCUT2D eigenvalue weighted by Crippen LogP contribution is -2.23. The Kier molecular flexibility index (Phi) is 3.51. The first-order valence-corrected chi connectivity index (χ1v) is 3.98. The van der Waals surface area contributed by atoms with Gasteiger partial charge in [0.05, 0.1) is 12.2 Å². The monoisotopic (exact) mass is 204 g/mol. The first-order chi connectivity index (χ1) is 6.57. The number of hydrogen-bond donors (Lipinski definition) is 3. The van der Waals surface area contributed by atoms with Crippen LogP contribution in [0.15, 0.2) is 18.2 Å². The second kappa shape index (κ2) is 4.45. The minimum absolute atomic E-state index is 0.631. The number of halogens is 2. The number of aliphatic hydroxyl groups excluding tert-OH is 3. The van der Waals surface area contributed by atoms with Crippen molar-refractivity contribution in [3.8, 4) is 0 Å². The maximum atomic E-state index is 13.0. The zero-order chi connectivity index (χ0) is 10.7. The summed E-state index contributed by atoms with van der Waals surface area (Å²) in [6.07, 6.45) is -3.36. The Labute approximate surface area is 79.2 Å². The largest absolute Gasteiger partial charge is 0.394 e. The van der Waals surface area contributed by atoms with Crippen molar-refractivity contribution < 1.29 is 24.1 Å². The van der Waals surface area contributed by atoms with Gasteiger partial charge in [-0.05, 0) is 12.1 Å². The van der Waals surface area contributed by atoms with Crippen LogP contribution in [-0.4, -0.2) is 28.0 Å². The third-order valence-corrected chi connectivity index (χ3v) is 1.85. The Balaban J connectivity index is 3.05. The Morgan fingerprint density at radius 3 is 2.07 bits per heavy atom. The Hall–Kier alpha value is -1.04. The molecule has 0 aromatic heterocycles. The predicted octanol–water partition coefficient (Wildman–Crippen LogP) is 0.351. The van der Waals surface area contributed by atoms with Gasteiger partial charge in [-0.1, -0.05) is 6.07 Å². The normalized spacial score (nSPS) is 15.2. The average molecular weight is 204 g/mol. The van der Waals surface area contributed by atoms with Gasteiger partial charge in [0.25, 0.3) is 0 Å². The van der Waals surface area contributed by atoms with Crippen LogP contribution in [0.2, 0.25) is 0 Å². The molecular weight excluding hydrogens is 194 g/mol. The SMILES string of the molecule is OCC(O)C(O)c1c(F)cccc1F. The summed E-state index contributed by atoms with van der Waals surface area (Å²) >= 11 is 0. The van der Waals surface area contributed by atoms with Crippen molar-refractivity contribution in [2.45, 2.75) is 12.2 Å². The van der Waals surface area contributed by atoms with Crippen molar-refractivity contribution in [1.29, 1.82) is 0 Å². The lowest BCUT2D eigenvalue weighted by molar-refractivity contribution is -0.0185. The Bertz CT molecular complexity index is 297. The molecule has 0 aliphatic rings. The van der Waals surface area contributed by atoms with E-state index < -0.39 is 36.0 Å². The first-order valence-electron chi connectivity index (χ1n) is 3.98. The van der Waals surface area contributed by atoms with Crippen LogP contribution >= 0.6 is 0 Å². The van der Waals surface area contributed by atoms with Crippen LogP contribution in [0.1, 0.15) is 11.7 Å². The zero-order valence-electron chi connectivity index (χ0n) is 7.19. The number of rotatable bonds is 3. The fraction of sp³-hybridized carbons (Fsp3) is 0.333. The highest BCUT2D eigenvalue weighted by atomic mass is 19.1. The molecule has 1 aromatic rings. The molecule has 1 aromatic carbocycles. The van der Waals surface area contributed by atoms with E-state index in [-0.39, 0.29) is 0 Å². The molecule has 3 nitrogen and oxygen atoms in total. The summed E-state index contributed by atoms with van der Waals surface area (Å²) in [4.78, 5) is 0. The van der Waals surface area contributed by atoms with Crippen LogP contribution in [0.25, 0.3) is 0 Å². The molecule has 0 heterocycles. The maximum absolute atomic E-state index is 13.0. The molecule has 0 aliphatic carbocycles. The molecule has 0 fully saturated rings. The molecule has 14 heavy (non-hydrogen) atoms. The van der Waals surface area contributed by atoms with Gasteiger partial charge in [0.1, 0.15) is 23.8 Å². The smallest absolute Gasteiger partial charge is 0.132 e. The van der Waals surface area contributed by atoms with E-state index in [0.717, 1.165) is 18.2 Å². The first kappa shape index (κ1) is 11.0. The number of hydrogen-bond acceptors (Lipinski definition) is 3. The van der Waals surface area contributed by atoms with Gasteiger partial charge in [0.2, 0.25) is 0 Å². The third-order valence-electron chi connectivity index (χ3n) is 1.85. The second-order valence-corrected chi connectivity index (χ2v) is 2.83. The van der Waals surface area contributed by atoms with E-state index in [1.165, 1.54) is 0 Å². The minimum Gasteiger partial charge on any atom is -0.394 e. The van der Waals surface area contributed by atoms with E-state index in [2.05, 4.69) is 0 Å². The molecule has 0 spiro atoms. The summed E-state index contributed by atoms with van der Waals surface area (Å²) in [6.45, 7) is -0.769. The topological polar surface area (TPSA) is 60.7 Å². The molecule has 5 heteroatoms. The molecule has 0 radical (unpaired) electrons. The van der Waals surface area contributed by atoms with E-state index in [4.69, 9.17) is 10.2 Å². The summed E-state index contributed by atoms with van der Waals surface area (Å²) < 4.78 is 26.0. The van der Waals surface area contributed by atoms with Crippen molar-refractivity contribution in [3.63, 3.8) is 0 Å². The van der Waals surface area contributed by atoms with Gasteiger partial charge in [0.15, 0.2) is 0 Å². The van der Waals surface area contributed by atoms with E-state index in [0.29, 0.717) is 0 Å². The third kappa shape index (κ3) is 2.06. The van der Waals surface area contributed by atoms with Crippen LogP contribution in [0.3, 0.4) is 0 Å². The fourth-order valence-corrected chi connectivity index (χ4v) is 1.09. The van der Waals surface area contributed by atoms with Crippen LogP contribution in [0.5, 0.6) is 0 Å². The van der Waals surface area contributed by atoms with E-state index >= 15 is 0 Å². The minimum atomic E-state index is -1.76. The summed E-state index contributed by atoms with van der Waals surface area (Å²) in [5.74, 6) is -1.91. The van der Waals surface area contributed by atoms with Crippen molar-refractivity contribution in [2.75, 3.05) is 6.61 Å². The molecule has 78 valence electrons. The van der Waals surface area contributed by atoms with Crippen LogP contribution < -0.4 is 0 Å². The van der Waals surface area contributed by atoms with Crippen LogP contribution in [-0.2, 0) is 0 Å². The van der Waals surface area contributed by atoms with Crippen molar-refractivity contribution in [3.05, 3.63) is 35.4 Å². The highest BCUT2D eigenvalue weighted by Crippen LogP contribution is 2.22. The molecule has 0 saturated heterocycles. The molecular formula is C9H10F2O3. The van der Waals surface area contributed by atoms with Gasteiger partial charge < -0.3 is 15.3 Å². The van der Waals surface area contributed by atoms with Gasteiger partial charge in [0, 0.05) is 0 Å². The quantitative estimate of drug-likeness (QED) is 0.665. The van der Waals surface area contributed by atoms with Crippen LogP contribution in [0, 0.1) is 11.6 Å². The van der Waals surface area contributed by atoms with Gasteiger partial charge in [-0.25, -0.2) is 8.78 Å². The lowest BCUT2D eigenvalue weighted by atomic mass is 10.0. The molecule has 1 rings (SSSR count). The lowest BCUT2D eigenvalue weighted by Gasteiger charge is -2.16. The second-order valence-electron chi connectivity index (χ2n) is 2.83. The average Bonchev–Trinajstić information content (AvgIpc) is 2.16. The summed E-state index contributed by atoms with van der Waals surface area (Å²) in [6, 6.07) is 3.07. The predicted molar refractivity (Wildman–Crippen MR) is 44.4 cm³/mol. The molecule has 0 bridgehead atoms. The van der Waals surface area contributed by atoms with Crippen molar-refractivity contribution >= 4 is 0 Å². The molecule has 3 N–H and O–H groups in total. The molecule has 2 unspecified atom stereocenters. The van der Waals surface area contributed by atoms with E-state index in [9.17, 15) is 13.9 Å². The molecule has 0 saturated carbocycles. The van der Waals surface area contributed by atoms with Gasteiger partial charge in [-0.15, -0.1) is 0 Å². The molecule has 2 atom stereocenters. The summed E-state index contributed by atoms with van der Waals surface area (Å²) in [7, 11) is 0. The Morgan fingerprint density at radius 1 is 1.14 bits per heavy atom. The van der Waals surface area contributed by atoms with Gasteiger partial charge >= 0.3 is 0 Å². The van der Waals surface area contributed by atoms with Gasteiger partial charge in [-0.3, -0.25) is 0 Å². The summed E-state index contributed by atoms with van der Waals surface area (Å²) in [5, 5.41) is 26.7. The highest BCUT2D eigenvalue weighted by Gasteiger charge is 2.23. The van der Waals surface area contributed by atoms with Crippen molar-refractivity contribution in [1.82, 2.24) is 0 Å². The number of aliphatic hydroxyl groups is 3. The van der Waals surface area contributed by atoms with Gasteiger partial charge in [-0.2, -0.15) is 0 Å². The highest BCUT2D eigenvalue weighted by molar-refractivity contribution is 5.22.